The van der Waals surface area contributed by atoms with Crippen molar-refractivity contribution in [2.45, 2.75) is 25.8 Å². The van der Waals surface area contributed by atoms with E-state index in [1.807, 2.05) is 30.3 Å². The van der Waals surface area contributed by atoms with E-state index in [0.29, 0.717) is 5.92 Å². The highest BCUT2D eigenvalue weighted by atomic mass is 16.2. The molecule has 110 valence electrons. The van der Waals surface area contributed by atoms with Gasteiger partial charge in [0.05, 0.1) is 0 Å². The molecule has 1 aliphatic heterocycles. The molecule has 4 nitrogen and oxygen atoms in total. The predicted molar refractivity (Wildman–Crippen MR) is 81.2 cm³/mol. The molecule has 4 heteroatoms. The Morgan fingerprint density at radius 3 is 2.60 bits per heavy atom. The number of nitrogens with two attached hydrogens (primary N) is 1. The molecule has 3 N–H and O–H groups in total. The van der Waals surface area contributed by atoms with Crippen molar-refractivity contribution in [3.8, 4) is 0 Å². The number of hydrogen-bond donors (Lipinski definition) is 2. The minimum absolute atomic E-state index is 0.0749. The van der Waals surface area contributed by atoms with Crippen molar-refractivity contribution in [3.05, 3.63) is 35.9 Å². The highest BCUT2D eigenvalue weighted by Gasteiger charge is 2.20. The average Bonchev–Trinajstić information content (AvgIpc) is 2.53. The SMILES string of the molecule is CCN1CCC(CNC(=O)[C@@H](N)c2ccccc2)CC1. The molecule has 2 rings (SSSR count). The molecule has 0 aliphatic carbocycles. The molecular weight excluding hydrogens is 250 g/mol. The molecule has 0 spiro atoms. The molecule has 1 heterocycles. The summed E-state index contributed by atoms with van der Waals surface area (Å²) in [7, 11) is 0. The number of amides is 1. The van der Waals surface area contributed by atoms with Gasteiger partial charge in [-0.15, -0.1) is 0 Å². The van der Waals surface area contributed by atoms with E-state index in [1.165, 1.54) is 0 Å². The van der Waals surface area contributed by atoms with Crippen LogP contribution in [0.4, 0.5) is 0 Å². The van der Waals surface area contributed by atoms with Crippen molar-refractivity contribution < 1.29 is 4.79 Å². The molecule has 0 radical (unpaired) electrons. The third-order valence-electron chi connectivity index (χ3n) is 4.16. The third-order valence-corrected chi connectivity index (χ3v) is 4.16. The Balaban J connectivity index is 1.75. The Morgan fingerprint density at radius 1 is 1.35 bits per heavy atom. The number of rotatable bonds is 5. The first-order chi connectivity index (χ1) is 9.70. The van der Waals surface area contributed by atoms with Gasteiger partial charge in [-0.3, -0.25) is 4.79 Å². The van der Waals surface area contributed by atoms with E-state index in [2.05, 4.69) is 17.1 Å². The van der Waals surface area contributed by atoms with Crippen LogP contribution in [0, 0.1) is 5.92 Å². The van der Waals surface area contributed by atoms with Crippen LogP contribution in [0.15, 0.2) is 30.3 Å². The van der Waals surface area contributed by atoms with Crippen molar-refractivity contribution in [1.29, 1.82) is 0 Å². The monoisotopic (exact) mass is 275 g/mol. The van der Waals surface area contributed by atoms with Crippen molar-refractivity contribution in [2.24, 2.45) is 11.7 Å². The van der Waals surface area contributed by atoms with E-state index in [0.717, 1.165) is 44.6 Å². The molecule has 0 bridgehead atoms. The molecule has 1 aromatic carbocycles. The summed E-state index contributed by atoms with van der Waals surface area (Å²) in [4.78, 5) is 14.5. The van der Waals surface area contributed by atoms with Crippen LogP contribution in [0.5, 0.6) is 0 Å². The van der Waals surface area contributed by atoms with Crippen LogP contribution < -0.4 is 11.1 Å². The molecule has 0 saturated carbocycles. The Hall–Kier alpha value is -1.39. The van der Waals surface area contributed by atoms with Crippen molar-refractivity contribution in [3.63, 3.8) is 0 Å². The maximum absolute atomic E-state index is 12.1. The fourth-order valence-corrected chi connectivity index (χ4v) is 2.67. The first-order valence-electron chi connectivity index (χ1n) is 7.51. The fourth-order valence-electron chi connectivity index (χ4n) is 2.67. The van der Waals surface area contributed by atoms with E-state index in [-0.39, 0.29) is 5.91 Å². The van der Waals surface area contributed by atoms with Gasteiger partial charge in [0.15, 0.2) is 0 Å². The van der Waals surface area contributed by atoms with Gasteiger partial charge in [-0.05, 0) is 44.0 Å². The van der Waals surface area contributed by atoms with E-state index in [1.54, 1.807) is 0 Å². The lowest BCUT2D eigenvalue weighted by Gasteiger charge is -2.31. The number of piperidine rings is 1. The predicted octanol–water partition coefficient (Wildman–Crippen LogP) is 1.53. The molecule has 0 unspecified atom stereocenters. The average molecular weight is 275 g/mol. The second kappa shape index (κ2) is 7.41. The van der Waals surface area contributed by atoms with Gasteiger partial charge in [-0.2, -0.15) is 0 Å². The van der Waals surface area contributed by atoms with Crippen LogP contribution in [0.1, 0.15) is 31.4 Å². The van der Waals surface area contributed by atoms with Gasteiger partial charge in [-0.1, -0.05) is 37.3 Å². The Morgan fingerprint density at radius 2 is 2.00 bits per heavy atom. The number of nitrogens with zero attached hydrogens (tertiary/aromatic N) is 1. The number of carbonyl (C=O) groups excluding carboxylic acids is 1. The molecule has 1 atom stereocenters. The highest BCUT2D eigenvalue weighted by Crippen LogP contribution is 2.16. The minimum Gasteiger partial charge on any atom is -0.354 e. The molecule has 0 aromatic heterocycles. The molecule has 1 saturated heterocycles. The number of nitrogens with one attached hydrogen (secondary N) is 1. The zero-order valence-corrected chi connectivity index (χ0v) is 12.2. The maximum Gasteiger partial charge on any atom is 0.241 e. The van der Waals surface area contributed by atoms with Gasteiger partial charge in [0.25, 0.3) is 0 Å². The van der Waals surface area contributed by atoms with E-state index < -0.39 is 6.04 Å². The van der Waals surface area contributed by atoms with Crippen LogP contribution in [0.2, 0.25) is 0 Å². The van der Waals surface area contributed by atoms with Crippen LogP contribution in [0.3, 0.4) is 0 Å². The fraction of sp³-hybridized carbons (Fsp3) is 0.562. The second-order valence-corrected chi connectivity index (χ2v) is 5.51. The first kappa shape index (κ1) is 15.0. The summed E-state index contributed by atoms with van der Waals surface area (Å²) >= 11 is 0. The maximum atomic E-state index is 12.1. The largest absolute Gasteiger partial charge is 0.354 e. The number of benzene rings is 1. The van der Waals surface area contributed by atoms with Crippen LogP contribution in [-0.2, 0) is 4.79 Å². The van der Waals surface area contributed by atoms with Gasteiger partial charge < -0.3 is 16.0 Å². The van der Waals surface area contributed by atoms with Crippen LogP contribution in [-0.4, -0.2) is 37.0 Å². The highest BCUT2D eigenvalue weighted by molar-refractivity contribution is 5.82. The molecule has 1 amide bonds. The zero-order chi connectivity index (χ0) is 14.4. The summed E-state index contributed by atoms with van der Waals surface area (Å²) < 4.78 is 0. The van der Waals surface area contributed by atoms with Crippen molar-refractivity contribution >= 4 is 5.91 Å². The molecular formula is C16H25N3O. The number of likely N-dealkylation sites (tertiary alicyclic amines) is 1. The minimum atomic E-state index is -0.563. The smallest absolute Gasteiger partial charge is 0.241 e. The molecule has 1 aliphatic rings. The van der Waals surface area contributed by atoms with E-state index in [9.17, 15) is 4.79 Å². The topological polar surface area (TPSA) is 58.4 Å². The summed E-state index contributed by atoms with van der Waals surface area (Å²) in [6.45, 7) is 6.35. The van der Waals surface area contributed by atoms with Gasteiger partial charge in [-0.25, -0.2) is 0 Å². The lowest BCUT2D eigenvalue weighted by Crippen LogP contribution is -2.41. The summed E-state index contributed by atoms with van der Waals surface area (Å²) in [6, 6.07) is 8.96. The Labute approximate surface area is 121 Å². The zero-order valence-electron chi connectivity index (χ0n) is 12.2. The summed E-state index contributed by atoms with van der Waals surface area (Å²) in [6.07, 6.45) is 2.32. The molecule has 1 aromatic rings. The van der Waals surface area contributed by atoms with Crippen LogP contribution >= 0.6 is 0 Å². The number of hydrogen-bond acceptors (Lipinski definition) is 3. The van der Waals surface area contributed by atoms with E-state index in [4.69, 9.17) is 5.73 Å². The van der Waals surface area contributed by atoms with Crippen molar-refractivity contribution in [2.75, 3.05) is 26.2 Å². The molecule has 20 heavy (non-hydrogen) atoms. The van der Waals surface area contributed by atoms with Gasteiger partial charge in [0.1, 0.15) is 6.04 Å². The number of carbonyl (C=O) groups is 1. The van der Waals surface area contributed by atoms with Gasteiger partial charge in [0.2, 0.25) is 5.91 Å². The quantitative estimate of drug-likeness (QED) is 0.857. The van der Waals surface area contributed by atoms with E-state index >= 15 is 0 Å². The lowest BCUT2D eigenvalue weighted by molar-refractivity contribution is -0.122. The first-order valence-corrected chi connectivity index (χ1v) is 7.51. The Kier molecular flexibility index (Phi) is 5.56. The van der Waals surface area contributed by atoms with Crippen LogP contribution in [0.25, 0.3) is 0 Å². The Bertz CT molecular complexity index is 413. The standard InChI is InChI=1S/C16H25N3O/c1-2-19-10-8-13(9-11-19)12-18-16(20)15(17)14-6-4-3-5-7-14/h3-7,13,15H,2,8-12,17H2,1H3,(H,18,20)/t15-/m0/s1. The normalized spacial score (nSPS) is 18.7. The summed E-state index contributed by atoms with van der Waals surface area (Å²) in [5.41, 5.74) is 6.84. The summed E-state index contributed by atoms with van der Waals surface area (Å²) in [5, 5.41) is 3.00. The lowest BCUT2D eigenvalue weighted by atomic mass is 9.96. The van der Waals surface area contributed by atoms with Gasteiger partial charge in [0, 0.05) is 6.54 Å². The molecule has 1 fully saturated rings. The summed E-state index contributed by atoms with van der Waals surface area (Å²) in [5.74, 6) is 0.513. The van der Waals surface area contributed by atoms with Gasteiger partial charge >= 0.3 is 0 Å². The third kappa shape index (κ3) is 4.05. The second-order valence-electron chi connectivity index (χ2n) is 5.51. The van der Waals surface area contributed by atoms with Crippen molar-refractivity contribution in [1.82, 2.24) is 10.2 Å².